The molecule has 0 spiro atoms. The number of benzene rings is 1. The fourth-order valence-electron chi connectivity index (χ4n) is 3.07. The van der Waals surface area contributed by atoms with E-state index in [1.165, 1.54) is 0 Å². The van der Waals surface area contributed by atoms with E-state index in [0.717, 1.165) is 40.0 Å². The van der Waals surface area contributed by atoms with Gasteiger partial charge in [-0.2, -0.15) is 5.10 Å². The Hall–Kier alpha value is -2.73. The first-order chi connectivity index (χ1) is 13.3. The summed E-state index contributed by atoms with van der Waals surface area (Å²) in [4.78, 5) is 9.36. The van der Waals surface area contributed by atoms with Crippen LogP contribution in [0.1, 0.15) is 49.2 Å². The van der Waals surface area contributed by atoms with Crippen LogP contribution in [0.2, 0.25) is 0 Å². The molecule has 6 heteroatoms. The van der Waals surface area contributed by atoms with E-state index in [2.05, 4.69) is 61.3 Å². The van der Waals surface area contributed by atoms with Gasteiger partial charge in [0.15, 0.2) is 0 Å². The number of hydrogen-bond donors (Lipinski definition) is 1. The summed E-state index contributed by atoms with van der Waals surface area (Å²) < 4.78 is 7.27. The molecule has 2 aromatic heterocycles. The highest BCUT2D eigenvalue weighted by Crippen LogP contribution is 2.22. The van der Waals surface area contributed by atoms with E-state index < -0.39 is 0 Å². The number of hydrogen-bond acceptors (Lipinski definition) is 5. The zero-order valence-electron chi connectivity index (χ0n) is 17.6. The van der Waals surface area contributed by atoms with Gasteiger partial charge in [-0.1, -0.05) is 39.0 Å². The molecule has 3 aromatic rings. The third-order valence-electron chi connectivity index (χ3n) is 4.43. The molecule has 0 atom stereocenters. The average Bonchev–Trinajstić information content (AvgIpc) is 2.97. The maximum Gasteiger partial charge on any atom is 0.136 e. The van der Waals surface area contributed by atoms with E-state index in [0.29, 0.717) is 13.2 Å². The molecule has 0 aliphatic rings. The second-order valence-corrected chi connectivity index (χ2v) is 8.07. The second kappa shape index (κ2) is 8.10. The number of rotatable bonds is 6. The van der Waals surface area contributed by atoms with Gasteiger partial charge in [0.2, 0.25) is 0 Å². The molecule has 0 unspecified atom stereocenters. The fourth-order valence-corrected chi connectivity index (χ4v) is 3.07. The Balaban J connectivity index is 1.89. The van der Waals surface area contributed by atoms with Crippen molar-refractivity contribution >= 4 is 5.82 Å². The highest BCUT2D eigenvalue weighted by atomic mass is 16.5. The van der Waals surface area contributed by atoms with Gasteiger partial charge in [-0.15, -0.1) is 0 Å². The average molecular weight is 380 g/mol. The van der Waals surface area contributed by atoms with Crippen molar-refractivity contribution in [2.24, 2.45) is 0 Å². The molecule has 2 heterocycles. The van der Waals surface area contributed by atoms with Gasteiger partial charge >= 0.3 is 0 Å². The number of ether oxygens (including phenoxy) is 1. The van der Waals surface area contributed by atoms with Gasteiger partial charge in [0, 0.05) is 30.8 Å². The Morgan fingerprint density at radius 1 is 1.07 bits per heavy atom. The van der Waals surface area contributed by atoms with E-state index in [1.807, 2.05) is 29.8 Å². The lowest BCUT2D eigenvalue weighted by molar-refractivity contribution is 0.181. The van der Waals surface area contributed by atoms with Gasteiger partial charge in [-0.25, -0.2) is 14.6 Å². The lowest BCUT2D eigenvalue weighted by atomic mass is 9.95. The number of aryl methyl sites for hydroxylation is 2. The van der Waals surface area contributed by atoms with Crippen LogP contribution < -0.4 is 5.32 Å². The lowest BCUT2D eigenvalue weighted by Crippen LogP contribution is -2.19. The molecule has 148 valence electrons. The smallest absolute Gasteiger partial charge is 0.136 e. The molecular formula is C22H29N5O. The highest BCUT2D eigenvalue weighted by molar-refractivity contribution is 5.45. The maximum atomic E-state index is 5.28. The molecule has 0 aliphatic heterocycles. The summed E-state index contributed by atoms with van der Waals surface area (Å²) in [6, 6.07) is 12.3. The molecule has 28 heavy (non-hydrogen) atoms. The zero-order chi connectivity index (χ0) is 20.3. The van der Waals surface area contributed by atoms with Gasteiger partial charge in [0.25, 0.3) is 0 Å². The molecule has 0 aliphatic carbocycles. The predicted molar refractivity (Wildman–Crippen MR) is 112 cm³/mol. The molecule has 6 nitrogen and oxygen atoms in total. The molecule has 0 fully saturated rings. The van der Waals surface area contributed by atoms with E-state index in [-0.39, 0.29) is 5.41 Å². The third-order valence-corrected chi connectivity index (χ3v) is 4.43. The van der Waals surface area contributed by atoms with Crippen molar-refractivity contribution in [1.82, 2.24) is 19.7 Å². The van der Waals surface area contributed by atoms with Gasteiger partial charge in [0.1, 0.15) is 11.6 Å². The molecule has 3 rings (SSSR count). The lowest BCUT2D eigenvalue weighted by Gasteiger charge is -2.19. The van der Waals surface area contributed by atoms with Crippen molar-refractivity contribution in [3.8, 4) is 5.69 Å². The second-order valence-electron chi connectivity index (χ2n) is 8.07. The van der Waals surface area contributed by atoms with Crippen LogP contribution >= 0.6 is 0 Å². The van der Waals surface area contributed by atoms with Crippen molar-refractivity contribution in [3.63, 3.8) is 0 Å². The fraction of sp³-hybridized carbons (Fsp3) is 0.409. The van der Waals surface area contributed by atoms with E-state index in [4.69, 9.17) is 9.72 Å². The van der Waals surface area contributed by atoms with Crippen LogP contribution in [0, 0.1) is 13.8 Å². The standard InChI is InChI=1S/C22H29N5O/c1-15-11-16(2)27(26-15)19-10-8-7-9-17(19)13-23-20-12-18(14-28-6)24-21(25-20)22(3,4)5/h7-12H,13-14H2,1-6H3,(H,23,24,25). The van der Waals surface area contributed by atoms with Crippen LogP contribution in [0.15, 0.2) is 36.4 Å². The molecule has 0 radical (unpaired) electrons. The van der Waals surface area contributed by atoms with Gasteiger partial charge in [-0.3, -0.25) is 0 Å². The summed E-state index contributed by atoms with van der Waals surface area (Å²) in [5.74, 6) is 1.60. The first kappa shape index (κ1) is 20.0. The molecule has 0 amide bonds. The van der Waals surface area contributed by atoms with Crippen molar-refractivity contribution in [3.05, 3.63) is 64.9 Å². The predicted octanol–water partition coefficient (Wildman–Crippen LogP) is 4.34. The topological polar surface area (TPSA) is 64.9 Å². The number of methoxy groups -OCH3 is 1. The molecule has 0 bridgehead atoms. The first-order valence-corrected chi connectivity index (χ1v) is 9.50. The molecule has 0 saturated heterocycles. The summed E-state index contributed by atoms with van der Waals surface area (Å²) in [6.45, 7) is 11.5. The number of nitrogens with one attached hydrogen (secondary N) is 1. The first-order valence-electron chi connectivity index (χ1n) is 9.50. The van der Waals surface area contributed by atoms with E-state index in [1.54, 1.807) is 7.11 Å². The van der Waals surface area contributed by atoms with Crippen LogP contribution in [0.4, 0.5) is 5.82 Å². The van der Waals surface area contributed by atoms with Crippen molar-refractivity contribution in [2.75, 3.05) is 12.4 Å². The van der Waals surface area contributed by atoms with Crippen molar-refractivity contribution < 1.29 is 4.74 Å². The van der Waals surface area contributed by atoms with E-state index in [9.17, 15) is 0 Å². The minimum atomic E-state index is -0.137. The largest absolute Gasteiger partial charge is 0.378 e. The monoisotopic (exact) mass is 379 g/mol. The van der Waals surface area contributed by atoms with Gasteiger partial charge < -0.3 is 10.1 Å². The summed E-state index contributed by atoms with van der Waals surface area (Å²) in [5, 5.41) is 8.09. The third kappa shape index (κ3) is 4.57. The summed E-state index contributed by atoms with van der Waals surface area (Å²) >= 11 is 0. The Bertz CT molecular complexity index is 956. The summed E-state index contributed by atoms with van der Waals surface area (Å²) in [6.07, 6.45) is 0. The SMILES string of the molecule is COCc1cc(NCc2ccccc2-n2nc(C)cc2C)nc(C(C)(C)C)n1. The number of nitrogens with zero attached hydrogens (tertiary/aromatic N) is 4. The Kier molecular flexibility index (Phi) is 5.79. The Labute approximate surface area is 167 Å². The van der Waals surface area contributed by atoms with Crippen LogP contribution in [0.3, 0.4) is 0 Å². The van der Waals surface area contributed by atoms with Crippen LogP contribution in [-0.2, 0) is 23.3 Å². The molecule has 1 aromatic carbocycles. The zero-order valence-corrected chi connectivity index (χ0v) is 17.6. The molecular weight excluding hydrogens is 350 g/mol. The van der Waals surface area contributed by atoms with Gasteiger partial charge in [-0.05, 0) is 31.5 Å². The van der Waals surface area contributed by atoms with Crippen LogP contribution in [0.5, 0.6) is 0 Å². The van der Waals surface area contributed by atoms with Crippen molar-refractivity contribution in [1.29, 1.82) is 0 Å². The normalized spacial score (nSPS) is 11.6. The number of aromatic nitrogens is 4. The Morgan fingerprint density at radius 2 is 1.82 bits per heavy atom. The van der Waals surface area contributed by atoms with Gasteiger partial charge in [0.05, 0.1) is 23.7 Å². The van der Waals surface area contributed by atoms with E-state index >= 15 is 0 Å². The minimum Gasteiger partial charge on any atom is -0.378 e. The van der Waals surface area contributed by atoms with Crippen LogP contribution in [0.25, 0.3) is 5.69 Å². The Morgan fingerprint density at radius 3 is 2.46 bits per heavy atom. The number of para-hydroxylation sites is 1. The van der Waals surface area contributed by atoms with Crippen molar-refractivity contribution in [2.45, 2.75) is 53.2 Å². The maximum absolute atomic E-state index is 5.28. The minimum absolute atomic E-state index is 0.137. The van der Waals surface area contributed by atoms with Crippen LogP contribution in [-0.4, -0.2) is 26.9 Å². The summed E-state index contributed by atoms with van der Waals surface area (Å²) in [5.41, 5.74) is 5.08. The number of anilines is 1. The molecule has 0 saturated carbocycles. The summed E-state index contributed by atoms with van der Waals surface area (Å²) in [7, 11) is 1.68. The molecule has 1 N–H and O–H groups in total. The quantitative estimate of drug-likeness (QED) is 0.690. The highest BCUT2D eigenvalue weighted by Gasteiger charge is 2.19.